The van der Waals surface area contributed by atoms with E-state index < -0.39 is 0 Å². The molecule has 0 radical (unpaired) electrons. The van der Waals surface area contributed by atoms with Gasteiger partial charge in [0.25, 0.3) is 0 Å². The lowest BCUT2D eigenvalue weighted by Gasteiger charge is -2.27. The molecule has 5 aromatic rings. The van der Waals surface area contributed by atoms with Crippen molar-refractivity contribution in [3.05, 3.63) is 126 Å². The molecule has 0 aliphatic rings. The molecule has 2 N–H and O–H groups in total. The molecular formula is C29H25NO. The first-order chi connectivity index (χ1) is 15.2. The van der Waals surface area contributed by atoms with E-state index >= 15 is 0 Å². The largest absolute Gasteiger partial charge is 0.508 e. The Balaban J connectivity index is 1.64. The van der Waals surface area contributed by atoms with Crippen LogP contribution in [0.3, 0.4) is 0 Å². The number of benzene rings is 5. The van der Waals surface area contributed by atoms with Gasteiger partial charge in [-0.05, 0) is 45.7 Å². The summed E-state index contributed by atoms with van der Waals surface area (Å²) in [6.07, 6.45) is 0. The fourth-order valence-electron chi connectivity index (χ4n) is 4.55. The van der Waals surface area contributed by atoms with Crippen LogP contribution in [0.2, 0.25) is 0 Å². The third-order valence-electron chi connectivity index (χ3n) is 6.08. The number of phenolic OH excluding ortho intramolecular Hbond substituents is 1. The van der Waals surface area contributed by atoms with Crippen LogP contribution in [-0.2, 0) is 0 Å². The zero-order valence-corrected chi connectivity index (χ0v) is 17.5. The molecule has 0 unspecified atom stereocenters. The van der Waals surface area contributed by atoms with Gasteiger partial charge in [-0.3, -0.25) is 5.32 Å². The number of phenols is 1. The molecular weight excluding hydrogens is 378 g/mol. The summed E-state index contributed by atoms with van der Waals surface area (Å²) in [5.41, 5.74) is 3.29. The van der Waals surface area contributed by atoms with Crippen LogP contribution in [0.4, 0.5) is 0 Å². The summed E-state index contributed by atoms with van der Waals surface area (Å²) in [6, 6.07) is 37.3. The Labute approximate surface area is 182 Å². The Morgan fingerprint density at radius 2 is 1.23 bits per heavy atom. The number of nitrogens with one attached hydrogen (secondary N) is 1. The van der Waals surface area contributed by atoms with Crippen LogP contribution < -0.4 is 5.32 Å². The first-order valence-electron chi connectivity index (χ1n) is 10.7. The molecule has 0 spiro atoms. The minimum absolute atomic E-state index is 0.0784. The van der Waals surface area contributed by atoms with E-state index in [1.165, 1.54) is 16.3 Å². The lowest BCUT2D eigenvalue weighted by molar-refractivity contribution is 0.449. The molecule has 0 amide bonds. The molecule has 0 aliphatic carbocycles. The Morgan fingerprint density at radius 3 is 2.00 bits per heavy atom. The standard InChI is InChI=1S/C29H25NO/c1-20(24-17-9-14-21-10-5-7-15-25(21)24)30-29(23-12-3-2-4-13-23)28-26-16-8-6-11-22(26)18-19-27(28)31/h2-20,29-31H,1H3/t20-,29-/m0/s1. The molecule has 2 nitrogen and oxygen atoms in total. The second kappa shape index (κ2) is 8.25. The lowest BCUT2D eigenvalue weighted by atomic mass is 9.91. The average molecular weight is 404 g/mol. The van der Waals surface area contributed by atoms with Crippen molar-refractivity contribution >= 4 is 21.5 Å². The summed E-state index contributed by atoms with van der Waals surface area (Å²) in [4.78, 5) is 0. The predicted molar refractivity (Wildman–Crippen MR) is 129 cm³/mol. The quantitative estimate of drug-likeness (QED) is 0.327. The minimum atomic E-state index is -0.152. The van der Waals surface area contributed by atoms with Gasteiger partial charge in [-0.1, -0.05) is 103 Å². The van der Waals surface area contributed by atoms with Crippen molar-refractivity contribution in [1.29, 1.82) is 0 Å². The Bertz CT molecular complexity index is 1340. The van der Waals surface area contributed by atoms with Crippen LogP contribution in [0.15, 0.2) is 109 Å². The molecule has 152 valence electrons. The van der Waals surface area contributed by atoms with Gasteiger partial charge in [-0.2, -0.15) is 0 Å². The highest BCUT2D eigenvalue weighted by atomic mass is 16.3. The van der Waals surface area contributed by atoms with E-state index in [1.54, 1.807) is 6.07 Å². The summed E-state index contributed by atoms with van der Waals surface area (Å²) < 4.78 is 0. The molecule has 2 heteroatoms. The maximum absolute atomic E-state index is 11.0. The third kappa shape index (κ3) is 3.67. The van der Waals surface area contributed by atoms with Crippen molar-refractivity contribution < 1.29 is 5.11 Å². The molecule has 0 aromatic heterocycles. The van der Waals surface area contributed by atoms with Gasteiger partial charge in [0, 0.05) is 11.6 Å². The van der Waals surface area contributed by atoms with Crippen molar-refractivity contribution in [1.82, 2.24) is 5.32 Å². The lowest BCUT2D eigenvalue weighted by Crippen LogP contribution is -2.26. The number of aromatic hydroxyl groups is 1. The van der Waals surface area contributed by atoms with Gasteiger partial charge < -0.3 is 5.11 Å². The SMILES string of the molecule is C[C@H](N[C@@H](c1ccccc1)c1c(O)ccc2ccccc12)c1cccc2ccccc12. The molecule has 5 rings (SSSR count). The highest BCUT2D eigenvalue weighted by molar-refractivity contribution is 5.89. The predicted octanol–water partition coefficient (Wildman–Crippen LogP) is 7.14. The molecule has 0 saturated carbocycles. The van der Waals surface area contributed by atoms with Gasteiger partial charge in [-0.25, -0.2) is 0 Å². The number of hydrogen-bond donors (Lipinski definition) is 2. The van der Waals surface area contributed by atoms with Crippen LogP contribution in [0.25, 0.3) is 21.5 Å². The fraction of sp³-hybridized carbons (Fsp3) is 0.103. The molecule has 2 atom stereocenters. The second-order valence-corrected chi connectivity index (χ2v) is 8.02. The highest BCUT2D eigenvalue weighted by Gasteiger charge is 2.23. The highest BCUT2D eigenvalue weighted by Crippen LogP contribution is 2.37. The van der Waals surface area contributed by atoms with Gasteiger partial charge in [0.05, 0.1) is 6.04 Å². The summed E-state index contributed by atoms with van der Waals surface area (Å²) in [5, 5.41) is 19.5. The number of hydrogen-bond acceptors (Lipinski definition) is 2. The molecule has 5 aromatic carbocycles. The van der Waals surface area contributed by atoms with E-state index in [4.69, 9.17) is 0 Å². The van der Waals surface area contributed by atoms with Crippen molar-refractivity contribution in [3.8, 4) is 5.75 Å². The average Bonchev–Trinajstić information content (AvgIpc) is 2.83. The normalized spacial score (nSPS) is 13.3. The van der Waals surface area contributed by atoms with Gasteiger partial charge in [0.15, 0.2) is 0 Å². The molecule has 0 fully saturated rings. The second-order valence-electron chi connectivity index (χ2n) is 8.02. The minimum Gasteiger partial charge on any atom is -0.508 e. The van der Waals surface area contributed by atoms with E-state index in [-0.39, 0.29) is 12.1 Å². The van der Waals surface area contributed by atoms with Crippen LogP contribution in [-0.4, -0.2) is 5.11 Å². The summed E-state index contributed by atoms with van der Waals surface area (Å²) in [7, 11) is 0. The van der Waals surface area contributed by atoms with E-state index in [0.29, 0.717) is 5.75 Å². The zero-order valence-electron chi connectivity index (χ0n) is 17.5. The van der Waals surface area contributed by atoms with Gasteiger partial charge in [0.1, 0.15) is 5.75 Å². The fourth-order valence-corrected chi connectivity index (χ4v) is 4.55. The van der Waals surface area contributed by atoms with Crippen molar-refractivity contribution in [2.45, 2.75) is 19.0 Å². The molecule has 0 heterocycles. The first kappa shape index (κ1) is 19.3. The van der Waals surface area contributed by atoms with Crippen molar-refractivity contribution in [3.63, 3.8) is 0 Å². The Kier molecular flexibility index (Phi) is 5.15. The monoisotopic (exact) mass is 403 g/mol. The molecule has 31 heavy (non-hydrogen) atoms. The van der Waals surface area contributed by atoms with Gasteiger partial charge in [-0.15, -0.1) is 0 Å². The maximum Gasteiger partial charge on any atom is 0.121 e. The molecule has 0 aliphatic heterocycles. The summed E-state index contributed by atoms with van der Waals surface area (Å²) in [5.74, 6) is 0.310. The third-order valence-corrected chi connectivity index (χ3v) is 6.08. The summed E-state index contributed by atoms with van der Waals surface area (Å²) >= 11 is 0. The van der Waals surface area contributed by atoms with Crippen LogP contribution in [0, 0.1) is 0 Å². The van der Waals surface area contributed by atoms with E-state index in [9.17, 15) is 5.11 Å². The Morgan fingerprint density at radius 1 is 0.613 bits per heavy atom. The number of fused-ring (bicyclic) bond motifs is 2. The molecule has 0 saturated heterocycles. The van der Waals surface area contributed by atoms with E-state index in [0.717, 1.165) is 21.9 Å². The smallest absolute Gasteiger partial charge is 0.121 e. The van der Waals surface area contributed by atoms with Crippen molar-refractivity contribution in [2.24, 2.45) is 0 Å². The number of rotatable bonds is 5. The van der Waals surface area contributed by atoms with E-state index in [1.807, 2.05) is 24.3 Å². The van der Waals surface area contributed by atoms with Gasteiger partial charge in [0.2, 0.25) is 0 Å². The molecule has 0 bridgehead atoms. The first-order valence-corrected chi connectivity index (χ1v) is 10.7. The van der Waals surface area contributed by atoms with Crippen LogP contribution in [0.1, 0.15) is 35.7 Å². The maximum atomic E-state index is 11.0. The van der Waals surface area contributed by atoms with Gasteiger partial charge >= 0.3 is 0 Å². The van der Waals surface area contributed by atoms with Crippen molar-refractivity contribution in [2.75, 3.05) is 0 Å². The topological polar surface area (TPSA) is 32.3 Å². The van der Waals surface area contributed by atoms with Crippen LogP contribution >= 0.6 is 0 Å². The van der Waals surface area contributed by atoms with Crippen LogP contribution in [0.5, 0.6) is 5.75 Å². The Hall–Kier alpha value is -3.62. The van der Waals surface area contributed by atoms with E-state index in [2.05, 4.69) is 91.1 Å². The summed E-state index contributed by atoms with van der Waals surface area (Å²) in [6.45, 7) is 2.19. The zero-order chi connectivity index (χ0) is 21.2.